The van der Waals surface area contributed by atoms with Crippen LogP contribution in [-0.2, 0) is 22.7 Å². The molecule has 1 N–H and O–H groups in total. The van der Waals surface area contributed by atoms with Crippen molar-refractivity contribution < 1.29 is 8.42 Å². The molecule has 3 nitrogen and oxygen atoms in total. The Labute approximate surface area is 121 Å². The summed E-state index contributed by atoms with van der Waals surface area (Å²) in [5, 5.41) is 3.51. The van der Waals surface area contributed by atoms with Crippen LogP contribution < -0.4 is 5.32 Å². The molecule has 110 valence electrons. The number of rotatable bonds is 4. The lowest BCUT2D eigenvalue weighted by molar-refractivity contribution is 0.400. The summed E-state index contributed by atoms with van der Waals surface area (Å²) in [6, 6.07) is 6.93. The molecular weight excluding hydrogens is 270 g/mol. The van der Waals surface area contributed by atoms with E-state index in [2.05, 4.69) is 30.4 Å². The lowest BCUT2D eigenvalue weighted by Gasteiger charge is -2.24. The minimum atomic E-state index is -2.82. The van der Waals surface area contributed by atoms with Gasteiger partial charge in [0.05, 0.1) is 11.5 Å². The molecule has 1 fully saturated rings. The largest absolute Gasteiger partial charge is 0.310 e. The monoisotopic (exact) mass is 293 g/mol. The Balaban J connectivity index is 1.87. The quantitative estimate of drug-likeness (QED) is 0.926. The van der Waals surface area contributed by atoms with Gasteiger partial charge in [-0.2, -0.15) is 0 Å². The van der Waals surface area contributed by atoms with Gasteiger partial charge in [0.2, 0.25) is 0 Å². The summed E-state index contributed by atoms with van der Waals surface area (Å²) in [7, 11) is -2.82. The van der Waals surface area contributed by atoms with Crippen molar-refractivity contribution in [3.8, 4) is 0 Å². The van der Waals surface area contributed by atoms with Crippen LogP contribution in [0.2, 0.25) is 0 Å². The molecule has 1 aliphatic heterocycles. The molecule has 0 bridgehead atoms. The van der Waals surface area contributed by atoms with Gasteiger partial charge in [0.1, 0.15) is 0 Å². The van der Waals surface area contributed by atoms with Gasteiger partial charge in [0, 0.05) is 6.04 Å². The molecule has 0 aromatic heterocycles. The molecule has 3 rings (SSSR count). The van der Waals surface area contributed by atoms with Crippen LogP contribution in [0.25, 0.3) is 0 Å². The average Bonchev–Trinajstić information content (AvgIpc) is 3.01. The molecule has 1 saturated heterocycles. The standard InChI is InChI=1S/C16H23NO2S/c1-2-17-16(15-8-9-20(18,19)11-15)14-7-6-12-4-3-5-13(12)10-14/h6-7,10,15-17H,2-5,8-9,11H2,1H3. The van der Waals surface area contributed by atoms with Gasteiger partial charge in [-0.05, 0) is 54.8 Å². The van der Waals surface area contributed by atoms with Crippen LogP contribution in [0.5, 0.6) is 0 Å². The van der Waals surface area contributed by atoms with Crippen molar-refractivity contribution in [1.82, 2.24) is 5.32 Å². The first-order valence-corrected chi connectivity index (χ1v) is 9.47. The maximum absolute atomic E-state index is 11.7. The van der Waals surface area contributed by atoms with Crippen molar-refractivity contribution in [2.24, 2.45) is 5.92 Å². The fourth-order valence-electron chi connectivity index (χ4n) is 3.65. The van der Waals surface area contributed by atoms with Crippen molar-refractivity contribution in [3.63, 3.8) is 0 Å². The van der Waals surface area contributed by atoms with Crippen LogP contribution in [-0.4, -0.2) is 26.5 Å². The Kier molecular flexibility index (Phi) is 3.87. The topological polar surface area (TPSA) is 46.2 Å². The first-order chi connectivity index (χ1) is 9.59. The maximum Gasteiger partial charge on any atom is 0.150 e. The first-order valence-electron chi connectivity index (χ1n) is 7.64. The molecule has 2 aliphatic rings. The van der Waals surface area contributed by atoms with Crippen molar-refractivity contribution in [2.45, 2.75) is 38.6 Å². The predicted octanol–water partition coefficient (Wildman–Crippen LogP) is 2.26. The van der Waals surface area contributed by atoms with Crippen LogP contribution in [0.1, 0.15) is 42.5 Å². The maximum atomic E-state index is 11.7. The summed E-state index contributed by atoms with van der Waals surface area (Å²) in [6.45, 7) is 2.96. The number of fused-ring (bicyclic) bond motifs is 1. The van der Waals surface area contributed by atoms with E-state index < -0.39 is 9.84 Å². The van der Waals surface area contributed by atoms with Gasteiger partial charge in [0.25, 0.3) is 0 Å². The SMILES string of the molecule is CCNC(c1ccc2c(c1)CCC2)C1CCS(=O)(=O)C1. The molecule has 0 spiro atoms. The molecule has 1 heterocycles. The highest BCUT2D eigenvalue weighted by Gasteiger charge is 2.34. The minimum Gasteiger partial charge on any atom is -0.310 e. The summed E-state index contributed by atoms with van der Waals surface area (Å²) in [5.74, 6) is 0.908. The average molecular weight is 293 g/mol. The highest BCUT2D eigenvalue weighted by Crippen LogP contribution is 2.33. The Morgan fingerprint density at radius 2 is 2.10 bits per heavy atom. The van der Waals surface area contributed by atoms with E-state index in [4.69, 9.17) is 0 Å². The van der Waals surface area contributed by atoms with Gasteiger partial charge in [-0.15, -0.1) is 0 Å². The van der Waals surface area contributed by atoms with E-state index in [1.807, 2.05) is 0 Å². The fraction of sp³-hybridized carbons (Fsp3) is 0.625. The van der Waals surface area contributed by atoms with E-state index in [0.29, 0.717) is 11.5 Å². The number of hydrogen-bond acceptors (Lipinski definition) is 3. The zero-order valence-electron chi connectivity index (χ0n) is 12.1. The van der Waals surface area contributed by atoms with E-state index in [0.717, 1.165) is 13.0 Å². The second kappa shape index (κ2) is 5.49. The van der Waals surface area contributed by atoms with E-state index in [-0.39, 0.29) is 12.0 Å². The second-order valence-corrected chi connectivity index (χ2v) is 8.31. The van der Waals surface area contributed by atoms with E-state index in [9.17, 15) is 8.42 Å². The van der Waals surface area contributed by atoms with Crippen LogP contribution in [0.4, 0.5) is 0 Å². The van der Waals surface area contributed by atoms with Gasteiger partial charge < -0.3 is 5.32 Å². The molecule has 0 saturated carbocycles. The molecule has 4 heteroatoms. The van der Waals surface area contributed by atoms with E-state index >= 15 is 0 Å². The number of aryl methyl sites for hydroxylation is 2. The Morgan fingerprint density at radius 1 is 1.30 bits per heavy atom. The number of hydrogen-bond donors (Lipinski definition) is 1. The highest BCUT2D eigenvalue weighted by atomic mass is 32.2. The molecule has 2 unspecified atom stereocenters. The van der Waals surface area contributed by atoms with Crippen molar-refractivity contribution in [3.05, 3.63) is 34.9 Å². The summed E-state index contributed by atoms with van der Waals surface area (Å²) in [6.07, 6.45) is 4.41. The molecule has 20 heavy (non-hydrogen) atoms. The molecule has 1 aromatic carbocycles. The van der Waals surface area contributed by atoms with Gasteiger partial charge in [0.15, 0.2) is 9.84 Å². The van der Waals surface area contributed by atoms with E-state index in [1.54, 1.807) is 0 Å². The first kappa shape index (κ1) is 14.1. The lowest BCUT2D eigenvalue weighted by atomic mass is 9.90. The van der Waals surface area contributed by atoms with Gasteiger partial charge >= 0.3 is 0 Å². The Bertz CT molecular complexity index is 594. The fourth-order valence-corrected chi connectivity index (χ4v) is 5.49. The normalized spacial score (nSPS) is 25.6. The van der Waals surface area contributed by atoms with Crippen molar-refractivity contribution in [2.75, 3.05) is 18.1 Å². The van der Waals surface area contributed by atoms with Crippen LogP contribution in [0, 0.1) is 5.92 Å². The number of benzene rings is 1. The summed E-state index contributed by atoms with van der Waals surface area (Å²) >= 11 is 0. The number of sulfone groups is 1. The molecule has 2 atom stereocenters. The van der Waals surface area contributed by atoms with Gasteiger partial charge in [-0.25, -0.2) is 8.42 Å². The van der Waals surface area contributed by atoms with E-state index in [1.165, 1.54) is 36.0 Å². The lowest BCUT2D eigenvalue weighted by Crippen LogP contribution is -2.29. The summed E-state index contributed by atoms with van der Waals surface area (Å²) in [5.41, 5.74) is 4.21. The third-order valence-electron chi connectivity index (χ3n) is 4.64. The summed E-state index contributed by atoms with van der Waals surface area (Å²) in [4.78, 5) is 0. The predicted molar refractivity (Wildman–Crippen MR) is 81.6 cm³/mol. The smallest absolute Gasteiger partial charge is 0.150 e. The number of nitrogens with one attached hydrogen (secondary N) is 1. The Morgan fingerprint density at radius 3 is 2.80 bits per heavy atom. The molecule has 0 amide bonds. The van der Waals surface area contributed by atoms with Crippen LogP contribution in [0.3, 0.4) is 0 Å². The van der Waals surface area contributed by atoms with Crippen LogP contribution in [0.15, 0.2) is 18.2 Å². The highest BCUT2D eigenvalue weighted by molar-refractivity contribution is 7.91. The molecular formula is C16H23NO2S. The zero-order chi connectivity index (χ0) is 14.2. The van der Waals surface area contributed by atoms with Gasteiger partial charge in [-0.3, -0.25) is 0 Å². The van der Waals surface area contributed by atoms with Crippen molar-refractivity contribution >= 4 is 9.84 Å². The summed E-state index contributed by atoms with van der Waals surface area (Å²) < 4.78 is 23.5. The molecule has 1 aliphatic carbocycles. The second-order valence-electron chi connectivity index (χ2n) is 6.08. The zero-order valence-corrected chi connectivity index (χ0v) is 12.9. The third-order valence-corrected chi connectivity index (χ3v) is 6.44. The molecule has 1 aromatic rings. The minimum absolute atomic E-state index is 0.183. The Hall–Kier alpha value is -0.870. The van der Waals surface area contributed by atoms with Crippen LogP contribution >= 0.6 is 0 Å². The van der Waals surface area contributed by atoms with Crippen molar-refractivity contribution in [1.29, 1.82) is 0 Å². The third kappa shape index (κ3) is 2.77. The molecule has 0 radical (unpaired) electrons. The van der Waals surface area contributed by atoms with Gasteiger partial charge in [-0.1, -0.05) is 25.1 Å².